The molecule has 0 amide bonds. The van der Waals surface area contributed by atoms with E-state index in [0.29, 0.717) is 25.7 Å². The Kier molecular flexibility index (Phi) is 6.28. The molecular formula is C36H38F2O2. The molecule has 0 unspecified atom stereocenters. The standard InChI is InChI=1S/C36H38F2O2/c1-6-36(37,38)35(40)18-16-30-28-11-12-29-26(27(28)15-17-34(30,35)5)13-14-31(39)33(29)25-9-7-24(8-10-25)32-22(3)19-21(2)20-23(32)4/h1,7-10,19-20,28,30,40H,11-18H2,2-5H3/t28-,30+,34+,35+/m1/s1. The first kappa shape index (κ1) is 27.2. The topological polar surface area (TPSA) is 37.3 Å². The molecular weight excluding hydrogens is 502 g/mol. The maximum Gasteiger partial charge on any atom is 0.336 e. The summed E-state index contributed by atoms with van der Waals surface area (Å²) in [4.78, 5) is 13.4. The number of rotatable bonds is 3. The zero-order chi connectivity index (χ0) is 28.6. The van der Waals surface area contributed by atoms with Crippen molar-refractivity contribution in [3.05, 3.63) is 75.4 Å². The van der Waals surface area contributed by atoms with Crippen LogP contribution < -0.4 is 0 Å². The third-order valence-electron chi connectivity index (χ3n) is 10.9. The minimum absolute atomic E-state index is 0.0309. The summed E-state index contributed by atoms with van der Waals surface area (Å²) in [5.74, 6) is -1.62. The Morgan fingerprint density at radius 2 is 1.57 bits per heavy atom. The molecule has 40 heavy (non-hydrogen) atoms. The summed E-state index contributed by atoms with van der Waals surface area (Å²) in [5.41, 5.74) is 8.62. The molecule has 4 aliphatic rings. The molecule has 2 saturated carbocycles. The molecule has 208 valence electrons. The second-order valence-electron chi connectivity index (χ2n) is 12.9. The number of carbonyl (C=O) groups excluding carboxylic acids is 1. The highest BCUT2D eigenvalue weighted by atomic mass is 19.3. The van der Waals surface area contributed by atoms with Gasteiger partial charge in [0.2, 0.25) is 0 Å². The van der Waals surface area contributed by atoms with E-state index in [1.54, 1.807) is 5.92 Å². The van der Waals surface area contributed by atoms with E-state index < -0.39 is 16.9 Å². The molecule has 2 aromatic rings. The Morgan fingerprint density at radius 3 is 2.23 bits per heavy atom. The molecule has 0 spiro atoms. The first-order chi connectivity index (χ1) is 18.9. The highest BCUT2D eigenvalue weighted by molar-refractivity contribution is 6.23. The number of alkyl halides is 2. The molecule has 0 bridgehead atoms. The summed E-state index contributed by atoms with van der Waals surface area (Å²) < 4.78 is 29.8. The Hall–Kier alpha value is -3.03. The van der Waals surface area contributed by atoms with Crippen LogP contribution >= 0.6 is 0 Å². The number of hydrogen-bond acceptors (Lipinski definition) is 2. The van der Waals surface area contributed by atoms with Crippen LogP contribution in [0, 0.1) is 50.4 Å². The van der Waals surface area contributed by atoms with E-state index in [2.05, 4.69) is 57.2 Å². The molecule has 6 rings (SSSR count). The lowest BCUT2D eigenvalue weighted by Crippen LogP contribution is -2.59. The van der Waals surface area contributed by atoms with Crippen molar-refractivity contribution in [3.8, 4) is 23.5 Å². The first-order valence-corrected chi connectivity index (χ1v) is 14.7. The van der Waals surface area contributed by atoms with Gasteiger partial charge in [-0.15, -0.1) is 6.42 Å². The van der Waals surface area contributed by atoms with Crippen LogP contribution in [0.2, 0.25) is 0 Å². The summed E-state index contributed by atoms with van der Waals surface area (Å²) in [5, 5.41) is 11.3. The minimum Gasteiger partial charge on any atom is -0.382 e. The minimum atomic E-state index is -3.55. The Morgan fingerprint density at radius 1 is 0.925 bits per heavy atom. The molecule has 2 nitrogen and oxygen atoms in total. The fourth-order valence-corrected chi connectivity index (χ4v) is 9.06. The number of terminal acetylenes is 1. The molecule has 0 heterocycles. The highest BCUT2D eigenvalue weighted by Gasteiger charge is 2.69. The predicted molar refractivity (Wildman–Crippen MR) is 156 cm³/mol. The Balaban J connectivity index is 1.37. The van der Waals surface area contributed by atoms with Gasteiger partial charge in [-0.3, -0.25) is 4.79 Å². The smallest absolute Gasteiger partial charge is 0.336 e. The second-order valence-corrected chi connectivity index (χ2v) is 12.9. The first-order valence-electron chi connectivity index (χ1n) is 14.7. The van der Waals surface area contributed by atoms with Crippen LogP contribution in [0.1, 0.15) is 80.5 Å². The largest absolute Gasteiger partial charge is 0.382 e. The van der Waals surface area contributed by atoms with Crippen molar-refractivity contribution in [2.75, 3.05) is 0 Å². The summed E-state index contributed by atoms with van der Waals surface area (Å²) in [7, 11) is 0. The molecule has 2 aromatic carbocycles. The number of allylic oxidation sites excluding steroid dienone is 4. The van der Waals surface area contributed by atoms with Crippen LogP contribution in [0.4, 0.5) is 8.78 Å². The summed E-state index contributed by atoms with van der Waals surface area (Å²) >= 11 is 0. The van der Waals surface area contributed by atoms with Gasteiger partial charge in [-0.25, -0.2) is 0 Å². The fraction of sp³-hybridized carbons (Fsp3) is 0.472. The Bertz CT molecular complexity index is 1500. The summed E-state index contributed by atoms with van der Waals surface area (Å²) in [6.07, 6.45) is 9.73. The SMILES string of the molecule is C#CC(F)(F)[C@]1(O)CC[C@H]2[C@@H]3CCC4=C(c5ccc(-c6c(C)cc(C)cc6C)cc5)C(=O)CCC4=C3CC[C@@]21C. The number of aryl methyl sites for hydroxylation is 3. The zero-order valence-electron chi connectivity index (χ0n) is 24.0. The number of ketones is 1. The maximum atomic E-state index is 14.9. The van der Waals surface area contributed by atoms with Crippen molar-refractivity contribution >= 4 is 11.4 Å². The van der Waals surface area contributed by atoms with Gasteiger partial charge in [0.1, 0.15) is 5.60 Å². The molecule has 0 radical (unpaired) electrons. The summed E-state index contributed by atoms with van der Waals surface area (Å²) in [6.45, 7) is 8.23. The lowest BCUT2D eigenvalue weighted by molar-refractivity contribution is -0.207. The molecule has 4 atom stereocenters. The number of halogens is 2. The number of hydrogen-bond donors (Lipinski definition) is 1. The van der Waals surface area contributed by atoms with Gasteiger partial charge in [0.05, 0.1) is 0 Å². The third-order valence-corrected chi connectivity index (χ3v) is 10.9. The molecule has 4 heteroatoms. The quantitative estimate of drug-likeness (QED) is 0.398. The van der Waals surface area contributed by atoms with Crippen LogP contribution in [0.3, 0.4) is 0 Å². The van der Waals surface area contributed by atoms with Gasteiger partial charge in [-0.2, -0.15) is 8.78 Å². The van der Waals surface area contributed by atoms with Crippen molar-refractivity contribution in [1.29, 1.82) is 0 Å². The lowest BCUT2D eigenvalue weighted by Gasteiger charge is -2.52. The Labute approximate surface area is 236 Å². The van der Waals surface area contributed by atoms with Crippen LogP contribution in [0.25, 0.3) is 16.7 Å². The van der Waals surface area contributed by atoms with Gasteiger partial charge >= 0.3 is 5.92 Å². The van der Waals surface area contributed by atoms with Gasteiger partial charge in [0, 0.05) is 17.4 Å². The van der Waals surface area contributed by atoms with E-state index >= 15 is 0 Å². The fourth-order valence-electron chi connectivity index (χ4n) is 9.06. The van der Waals surface area contributed by atoms with E-state index in [4.69, 9.17) is 6.42 Å². The van der Waals surface area contributed by atoms with Gasteiger partial charge in [0.25, 0.3) is 0 Å². The van der Waals surface area contributed by atoms with Crippen LogP contribution in [0.5, 0.6) is 0 Å². The van der Waals surface area contributed by atoms with E-state index in [9.17, 15) is 18.7 Å². The van der Waals surface area contributed by atoms with Gasteiger partial charge in [-0.05, 0) is 122 Å². The number of Topliss-reactive ketones (excluding diaryl/α,β-unsaturated/α-hetero) is 1. The molecule has 4 aliphatic carbocycles. The van der Waals surface area contributed by atoms with Gasteiger partial charge in [-0.1, -0.05) is 54.5 Å². The molecule has 0 aliphatic heterocycles. The third kappa shape index (κ3) is 3.73. The van der Waals surface area contributed by atoms with Crippen LogP contribution in [0.15, 0.2) is 53.1 Å². The lowest BCUT2D eigenvalue weighted by atomic mass is 9.54. The average molecular weight is 541 g/mol. The number of carbonyl (C=O) groups is 1. The van der Waals surface area contributed by atoms with Crippen LogP contribution in [-0.2, 0) is 4.79 Å². The van der Waals surface area contributed by atoms with E-state index in [-0.39, 0.29) is 24.0 Å². The van der Waals surface area contributed by atoms with Crippen molar-refractivity contribution in [2.24, 2.45) is 17.3 Å². The molecule has 0 aromatic heterocycles. The molecule has 1 N–H and O–H groups in total. The molecule has 0 saturated heterocycles. The normalized spacial score (nSPS) is 30.1. The average Bonchev–Trinajstić information content (AvgIpc) is 3.20. The van der Waals surface area contributed by atoms with Crippen molar-refractivity contribution in [1.82, 2.24) is 0 Å². The highest BCUT2D eigenvalue weighted by Crippen LogP contribution is 2.66. The van der Waals surface area contributed by atoms with E-state index in [1.165, 1.54) is 33.4 Å². The number of benzene rings is 2. The number of fused-ring (bicyclic) bond motifs is 4. The monoisotopic (exact) mass is 540 g/mol. The predicted octanol–water partition coefficient (Wildman–Crippen LogP) is 8.31. The van der Waals surface area contributed by atoms with Crippen molar-refractivity contribution in [3.63, 3.8) is 0 Å². The van der Waals surface area contributed by atoms with E-state index in [0.717, 1.165) is 41.5 Å². The van der Waals surface area contributed by atoms with Crippen LogP contribution in [-0.4, -0.2) is 22.4 Å². The van der Waals surface area contributed by atoms with Crippen molar-refractivity contribution < 1.29 is 18.7 Å². The molecule has 2 fully saturated rings. The number of aliphatic hydroxyl groups is 1. The van der Waals surface area contributed by atoms with Gasteiger partial charge < -0.3 is 5.11 Å². The summed E-state index contributed by atoms with van der Waals surface area (Å²) in [6, 6.07) is 12.8. The van der Waals surface area contributed by atoms with Crippen molar-refractivity contribution in [2.45, 2.75) is 90.6 Å². The maximum absolute atomic E-state index is 14.9. The zero-order valence-corrected chi connectivity index (χ0v) is 24.0. The van der Waals surface area contributed by atoms with E-state index in [1.807, 2.05) is 6.92 Å². The second kappa shape index (κ2) is 9.25. The van der Waals surface area contributed by atoms with Gasteiger partial charge in [0.15, 0.2) is 5.78 Å².